The molecule has 0 N–H and O–H groups in total. The van der Waals surface area contributed by atoms with Crippen LogP contribution in [0.25, 0.3) is 22.2 Å². The number of hydrogen-bond donors (Lipinski definition) is 0. The van der Waals surface area contributed by atoms with E-state index in [1.807, 2.05) is 10.8 Å². The quantitative estimate of drug-likeness (QED) is 0.645. The molecule has 0 aliphatic rings. The molecule has 0 radical (unpaired) electrons. The Morgan fingerprint density at radius 3 is 2.76 bits per heavy atom. The number of halogens is 2. The zero-order valence-corrected chi connectivity index (χ0v) is 14.5. The van der Waals surface area contributed by atoms with Crippen molar-refractivity contribution in [3.8, 4) is 11.1 Å². The average Bonchev–Trinajstić information content (AvgIpc) is 2.99. The third-order valence-corrected chi connectivity index (χ3v) is 4.19. The molecule has 5 nitrogen and oxygen atoms in total. The van der Waals surface area contributed by atoms with E-state index >= 15 is 0 Å². The number of nitrogens with zero attached hydrogens (tertiary/aromatic N) is 2. The van der Waals surface area contributed by atoms with Crippen molar-refractivity contribution >= 4 is 28.6 Å². The zero-order chi connectivity index (χ0) is 18.0. The Balaban J connectivity index is 2.18. The number of esters is 1. The van der Waals surface area contributed by atoms with Gasteiger partial charge in [-0.3, -0.25) is 0 Å². The number of pyridine rings is 1. The summed E-state index contributed by atoms with van der Waals surface area (Å²) in [6.07, 6.45) is 1.86. The highest BCUT2D eigenvalue weighted by atomic mass is 35.5. The predicted molar refractivity (Wildman–Crippen MR) is 93.4 cm³/mol. The fourth-order valence-corrected chi connectivity index (χ4v) is 2.75. The van der Waals surface area contributed by atoms with Gasteiger partial charge >= 0.3 is 5.97 Å². The molecule has 0 unspecified atom stereocenters. The van der Waals surface area contributed by atoms with Crippen molar-refractivity contribution in [3.63, 3.8) is 0 Å². The molecule has 1 aromatic carbocycles. The summed E-state index contributed by atoms with van der Waals surface area (Å²) in [6, 6.07) is 8.01. The Kier molecular flexibility index (Phi) is 5.01. The summed E-state index contributed by atoms with van der Waals surface area (Å²) in [5, 5.41) is 0.864. The lowest BCUT2D eigenvalue weighted by atomic mass is 10.1. The maximum absolute atomic E-state index is 13.9. The van der Waals surface area contributed by atoms with Gasteiger partial charge in [0, 0.05) is 30.8 Å². The van der Waals surface area contributed by atoms with Crippen molar-refractivity contribution in [2.75, 3.05) is 20.8 Å². The molecule has 2 heterocycles. The highest BCUT2D eigenvalue weighted by molar-refractivity contribution is 6.30. The molecule has 0 amide bonds. The molecule has 0 saturated heterocycles. The minimum atomic E-state index is -0.513. The summed E-state index contributed by atoms with van der Waals surface area (Å²) in [6.45, 7) is 1.02. The van der Waals surface area contributed by atoms with Gasteiger partial charge in [-0.15, -0.1) is 0 Å². The second-order valence-electron chi connectivity index (χ2n) is 5.42. The Morgan fingerprint density at radius 2 is 2.08 bits per heavy atom. The number of rotatable bonds is 5. The zero-order valence-electron chi connectivity index (χ0n) is 13.8. The molecule has 0 fully saturated rings. The fourth-order valence-electron chi connectivity index (χ4n) is 2.64. The highest BCUT2D eigenvalue weighted by Gasteiger charge is 2.16. The number of carbonyl (C=O) groups excluding carboxylic acids is 1. The van der Waals surface area contributed by atoms with Crippen LogP contribution >= 0.6 is 11.6 Å². The van der Waals surface area contributed by atoms with Crippen LogP contribution in [-0.4, -0.2) is 36.3 Å². The smallest absolute Gasteiger partial charge is 0.356 e. The lowest BCUT2D eigenvalue weighted by Gasteiger charge is -2.04. The van der Waals surface area contributed by atoms with Crippen LogP contribution in [0.15, 0.2) is 36.5 Å². The first-order valence-electron chi connectivity index (χ1n) is 7.57. The van der Waals surface area contributed by atoms with E-state index in [2.05, 4.69) is 4.98 Å². The first-order valence-corrected chi connectivity index (χ1v) is 7.95. The first kappa shape index (κ1) is 17.4. The van der Waals surface area contributed by atoms with Crippen molar-refractivity contribution in [3.05, 3.63) is 53.1 Å². The largest absolute Gasteiger partial charge is 0.464 e. The van der Waals surface area contributed by atoms with Crippen molar-refractivity contribution in [2.24, 2.45) is 0 Å². The summed E-state index contributed by atoms with van der Waals surface area (Å²) in [5.41, 5.74) is 2.28. The molecule has 0 aliphatic heterocycles. The Morgan fingerprint density at radius 1 is 1.28 bits per heavy atom. The number of methoxy groups -OCH3 is 2. The molecule has 25 heavy (non-hydrogen) atoms. The molecule has 130 valence electrons. The molecule has 7 heteroatoms. The third kappa shape index (κ3) is 3.36. The van der Waals surface area contributed by atoms with Crippen LogP contribution in [0.2, 0.25) is 5.02 Å². The minimum absolute atomic E-state index is 0.0676. The van der Waals surface area contributed by atoms with E-state index in [4.69, 9.17) is 21.1 Å². The molecule has 0 atom stereocenters. The Labute approximate surface area is 148 Å². The molecule has 3 aromatic rings. The molecule has 0 bridgehead atoms. The molecule has 2 aromatic heterocycles. The average molecular weight is 363 g/mol. The van der Waals surface area contributed by atoms with E-state index < -0.39 is 11.8 Å². The summed E-state index contributed by atoms with van der Waals surface area (Å²) in [7, 11) is 2.91. The van der Waals surface area contributed by atoms with Crippen LogP contribution in [0, 0.1) is 5.82 Å². The number of benzene rings is 1. The van der Waals surface area contributed by atoms with Crippen LogP contribution in [0.4, 0.5) is 4.39 Å². The summed E-state index contributed by atoms with van der Waals surface area (Å²) < 4.78 is 25.6. The van der Waals surface area contributed by atoms with Crippen LogP contribution in [-0.2, 0) is 16.0 Å². The highest BCUT2D eigenvalue weighted by Crippen LogP contribution is 2.32. The normalized spacial score (nSPS) is 11.0. The van der Waals surface area contributed by atoms with Crippen molar-refractivity contribution < 1.29 is 18.7 Å². The van der Waals surface area contributed by atoms with Gasteiger partial charge in [-0.25, -0.2) is 14.2 Å². The van der Waals surface area contributed by atoms with E-state index in [0.717, 1.165) is 10.9 Å². The maximum Gasteiger partial charge on any atom is 0.356 e. The molecular weight excluding hydrogens is 347 g/mol. The van der Waals surface area contributed by atoms with Gasteiger partial charge in [0.2, 0.25) is 0 Å². The van der Waals surface area contributed by atoms with Gasteiger partial charge < -0.3 is 14.0 Å². The van der Waals surface area contributed by atoms with Crippen molar-refractivity contribution in [2.45, 2.75) is 6.54 Å². The van der Waals surface area contributed by atoms with Gasteiger partial charge in [-0.2, -0.15) is 0 Å². The van der Waals surface area contributed by atoms with Crippen LogP contribution < -0.4 is 0 Å². The third-order valence-electron chi connectivity index (χ3n) is 3.88. The van der Waals surface area contributed by atoms with E-state index in [1.165, 1.54) is 19.2 Å². The number of ether oxygens (including phenoxy) is 2. The molecule has 0 spiro atoms. The van der Waals surface area contributed by atoms with Gasteiger partial charge in [0.25, 0.3) is 0 Å². The van der Waals surface area contributed by atoms with Crippen LogP contribution in [0.1, 0.15) is 10.5 Å². The van der Waals surface area contributed by atoms with Crippen molar-refractivity contribution in [1.29, 1.82) is 0 Å². The molecular formula is C18H16ClFN2O3. The lowest BCUT2D eigenvalue weighted by molar-refractivity contribution is 0.0594. The standard InChI is InChI=1S/C18H16ClFN2O3/c1-24-8-7-22-10-13(11-3-5-14(19)15(20)9-11)12-4-6-16(18(23)25-2)21-17(12)22/h3-6,9-10H,7-8H2,1-2H3. The monoisotopic (exact) mass is 362 g/mol. The topological polar surface area (TPSA) is 53.4 Å². The molecule has 3 rings (SSSR count). The van der Waals surface area contributed by atoms with Gasteiger partial charge in [-0.1, -0.05) is 17.7 Å². The van der Waals surface area contributed by atoms with E-state index in [-0.39, 0.29) is 10.7 Å². The summed E-state index contributed by atoms with van der Waals surface area (Å²) in [4.78, 5) is 16.2. The number of fused-ring (bicyclic) bond motifs is 1. The second kappa shape index (κ2) is 7.21. The Hall–Kier alpha value is -2.44. The van der Waals surface area contributed by atoms with Gasteiger partial charge in [0.1, 0.15) is 11.5 Å². The predicted octanol–water partition coefficient (Wildman–Crippen LogP) is 3.93. The lowest BCUT2D eigenvalue weighted by Crippen LogP contribution is -2.07. The molecule has 0 aliphatic carbocycles. The Bertz CT molecular complexity index is 939. The van der Waals surface area contributed by atoms with E-state index in [0.29, 0.717) is 24.4 Å². The molecule has 0 saturated carbocycles. The van der Waals surface area contributed by atoms with Crippen molar-refractivity contribution in [1.82, 2.24) is 9.55 Å². The van der Waals surface area contributed by atoms with Crippen LogP contribution in [0.5, 0.6) is 0 Å². The van der Waals surface area contributed by atoms with Gasteiger partial charge in [0.15, 0.2) is 5.69 Å². The summed E-state index contributed by atoms with van der Waals surface area (Å²) >= 11 is 5.77. The number of hydrogen-bond acceptors (Lipinski definition) is 4. The second-order valence-corrected chi connectivity index (χ2v) is 5.82. The van der Waals surface area contributed by atoms with Gasteiger partial charge in [0.05, 0.1) is 18.7 Å². The maximum atomic E-state index is 13.9. The first-order chi connectivity index (χ1) is 12.0. The van der Waals surface area contributed by atoms with Gasteiger partial charge in [-0.05, 0) is 29.8 Å². The summed E-state index contributed by atoms with van der Waals surface area (Å²) in [5.74, 6) is -1.00. The van der Waals surface area contributed by atoms with E-state index in [1.54, 1.807) is 25.3 Å². The van der Waals surface area contributed by atoms with E-state index in [9.17, 15) is 9.18 Å². The fraction of sp³-hybridized carbons (Fsp3) is 0.222. The minimum Gasteiger partial charge on any atom is -0.464 e. The SMILES string of the molecule is COCCn1cc(-c2ccc(Cl)c(F)c2)c2ccc(C(=O)OC)nc21. The number of carbonyl (C=O) groups is 1. The number of aromatic nitrogens is 2. The van der Waals surface area contributed by atoms with Crippen LogP contribution in [0.3, 0.4) is 0 Å².